The third-order valence-corrected chi connectivity index (χ3v) is 2.63. The van der Waals surface area contributed by atoms with Gasteiger partial charge in [0.1, 0.15) is 11.6 Å². The second kappa shape index (κ2) is 6.59. The van der Waals surface area contributed by atoms with E-state index in [1.807, 2.05) is 0 Å². The Bertz CT molecular complexity index is 337. The van der Waals surface area contributed by atoms with Gasteiger partial charge in [-0.15, -0.1) is 0 Å². The van der Waals surface area contributed by atoms with Crippen molar-refractivity contribution in [1.82, 2.24) is 5.32 Å². The topological polar surface area (TPSA) is 12.0 Å². The molecule has 0 unspecified atom stereocenters. The monoisotopic (exact) mass is 227 g/mol. The second-order valence-electron chi connectivity index (χ2n) is 4.00. The molecule has 90 valence electrons. The molecule has 1 aromatic carbocycles. The molecule has 0 aliphatic carbocycles. The van der Waals surface area contributed by atoms with E-state index in [1.165, 1.54) is 0 Å². The van der Waals surface area contributed by atoms with Crippen molar-refractivity contribution in [2.24, 2.45) is 0 Å². The lowest BCUT2D eigenvalue weighted by Gasteiger charge is -2.06. The zero-order valence-electron chi connectivity index (χ0n) is 9.95. The van der Waals surface area contributed by atoms with E-state index in [2.05, 4.69) is 12.2 Å². The van der Waals surface area contributed by atoms with Gasteiger partial charge in [0.2, 0.25) is 0 Å². The van der Waals surface area contributed by atoms with Crippen LogP contribution in [0.1, 0.15) is 30.9 Å². The highest BCUT2D eigenvalue weighted by Crippen LogP contribution is 2.16. The number of benzene rings is 1. The molecule has 1 nitrogen and oxygen atoms in total. The number of rotatable bonds is 6. The van der Waals surface area contributed by atoms with Crippen LogP contribution in [-0.2, 0) is 6.42 Å². The predicted octanol–water partition coefficient (Wildman–Crippen LogP) is 3.21. The average molecular weight is 227 g/mol. The SMILES string of the molecule is CCNCCCCc1cc(C)c(F)cc1F. The van der Waals surface area contributed by atoms with Gasteiger partial charge in [0, 0.05) is 6.07 Å². The van der Waals surface area contributed by atoms with Gasteiger partial charge in [-0.3, -0.25) is 0 Å². The molecule has 0 saturated heterocycles. The van der Waals surface area contributed by atoms with Crippen LogP contribution in [0, 0.1) is 18.6 Å². The van der Waals surface area contributed by atoms with Crippen LogP contribution in [0.2, 0.25) is 0 Å². The quantitative estimate of drug-likeness (QED) is 0.736. The predicted molar refractivity (Wildman–Crippen MR) is 62.6 cm³/mol. The lowest BCUT2D eigenvalue weighted by Crippen LogP contribution is -2.14. The van der Waals surface area contributed by atoms with Crippen LogP contribution in [0.15, 0.2) is 12.1 Å². The van der Waals surface area contributed by atoms with Gasteiger partial charge in [-0.1, -0.05) is 13.0 Å². The summed E-state index contributed by atoms with van der Waals surface area (Å²) in [5, 5.41) is 3.22. The van der Waals surface area contributed by atoms with Crippen molar-refractivity contribution in [3.05, 3.63) is 34.9 Å². The Morgan fingerprint density at radius 1 is 1.12 bits per heavy atom. The molecule has 16 heavy (non-hydrogen) atoms. The molecule has 1 aromatic rings. The standard InChI is InChI=1S/C13H19F2N/c1-3-16-7-5-4-6-11-8-10(2)12(14)9-13(11)15/h8-9,16H,3-7H2,1-2H3. The summed E-state index contributed by atoms with van der Waals surface area (Å²) in [7, 11) is 0. The first-order chi connectivity index (χ1) is 7.65. The molecule has 0 aromatic heterocycles. The van der Waals surface area contributed by atoms with Gasteiger partial charge in [-0.2, -0.15) is 0 Å². The normalized spacial score (nSPS) is 10.8. The van der Waals surface area contributed by atoms with Crippen LogP contribution in [-0.4, -0.2) is 13.1 Å². The first kappa shape index (κ1) is 13.1. The van der Waals surface area contributed by atoms with E-state index in [1.54, 1.807) is 13.0 Å². The molecule has 0 spiro atoms. The minimum Gasteiger partial charge on any atom is -0.317 e. The van der Waals surface area contributed by atoms with Crippen LogP contribution in [0.25, 0.3) is 0 Å². The fourth-order valence-corrected chi connectivity index (χ4v) is 1.65. The second-order valence-corrected chi connectivity index (χ2v) is 4.00. The lowest BCUT2D eigenvalue weighted by molar-refractivity contribution is 0.559. The van der Waals surface area contributed by atoms with Crippen LogP contribution in [0.3, 0.4) is 0 Å². The maximum Gasteiger partial charge on any atom is 0.129 e. The Hall–Kier alpha value is -0.960. The summed E-state index contributed by atoms with van der Waals surface area (Å²) in [6.45, 7) is 5.64. The van der Waals surface area contributed by atoms with Gasteiger partial charge >= 0.3 is 0 Å². The molecular formula is C13H19F2N. The molecule has 0 amide bonds. The Labute approximate surface area is 95.9 Å². The maximum atomic E-state index is 13.4. The van der Waals surface area contributed by atoms with E-state index in [0.717, 1.165) is 32.0 Å². The summed E-state index contributed by atoms with van der Waals surface area (Å²) in [6.07, 6.45) is 2.62. The molecule has 3 heteroatoms. The van der Waals surface area contributed by atoms with Gasteiger partial charge in [0.25, 0.3) is 0 Å². The highest BCUT2D eigenvalue weighted by molar-refractivity contribution is 5.25. The number of halogens is 2. The molecule has 0 fully saturated rings. The summed E-state index contributed by atoms with van der Waals surface area (Å²) < 4.78 is 26.3. The molecule has 1 N–H and O–H groups in total. The van der Waals surface area contributed by atoms with E-state index < -0.39 is 11.6 Å². The fourth-order valence-electron chi connectivity index (χ4n) is 1.65. The van der Waals surface area contributed by atoms with Crippen molar-refractivity contribution in [3.8, 4) is 0 Å². The smallest absolute Gasteiger partial charge is 0.129 e. The number of nitrogens with one attached hydrogen (secondary N) is 1. The molecule has 0 atom stereocenters. The van der Waals surface area contributed by atoms with Gasteiger partial charge in [0.05, 0.1) is 0 Å². The van der Waals surface area contributed by atoms with Crippen LogP contribution >= 0.6 is 0 Å². The van der Waals surface area contributed by atoms with E-state index in [0.29, 0.717) is 17.5 Å². The molecule has 1 rings (SSSR count). The third kappa shape index (κ3) is 3.89. The summed E-state index contributed by atoms with van der Waals surface area (Å²) in [6, 6.07) is 2.59. The minimum absolute atomic E-state index is 0.424. The molecule has 0 aliphatic heterocycles. The van der Waals surface area contributed by atoms with Crippen LogP contribution in [0.5, 0.6) is 0 Å². The van der Waals surface area contributed by atoms with Crippen molar-refractivity contribution < 1.29 is 8.78 Å². The van der Waals surface area contributed by atoms with Crippen molar-refractivity contribution in [2.45, 2.75) is 33.1 Å². The van der Waals surface area contributed by atoms with Crippen molar-refractivity contribution in [2.75, 3.05) is 13.1 Å². The zero-order chi connectivity index (χ0) is 12.0. The van der Waals surface area contributed by atoms with Crippen molar-refractivity contribution >= 4 is 0 Å². The molecule has 0 saturated carbocycles. The maximum absolute atomic E-state index is 13.4. The highest BCUT2D eigenvalue weighted by atomic mass is 19.1. The molecule has 0 bridgehead atoms. The van der Waals surface area contributed by atoms with Crippen molar-refractivity contribution in [3.63, 3.8) is 0 Å². The molecule has 0 radical (unpaired) electrons. The number of aryl methyl sites for hydroxylation is 2. The molecule has 0 aliphatic rings. The average Bonchev–Trinajstić information content (AvgIpc) is 2.25. The van der Waals surface area contributed by atoms with Gasteiger partial charge in [-0.05, 0) is 50.4 Å². The first-order valence-corrected chi connectivity index (χ1v) is 5.80. The van der Waals surface area contributed by atoms with E-state index in [9.17, 15) is 8.78 Å². The minimum atomic E-state index is -0.464. The Morgan fingerprint density at radius 2 is 1.88 bits per heavy atom. The number of hydrogen-bond donors (Lipinski definition) is 1. The van der Waals surface area contributed by atoms with Gasteiger partial charge < -0.3 is 5.32 Å². The third-order valence-electron chi connectivity index (χ3n) is 2.63. The van der Waals surface area contributed by atoms with Crippen LogP contribution in [0.4, 0.5) is 8.78 Å². The first-order valence-electron chi connectivity index (χ1n) is 5.80. The fraction of sp³-hybridized carbons (Fsp3) is 0.538. The summed E-state index contributed by atoms with van der Waals surface area (Å²) in [4.78, 5) is 0. The highest BCUT2D eigenvalue weighted by Gasteiger charge is 2.06. The van der Waals surface area contributed by atoms with Crippen molar-refractivity contribution in [1.29, 1.82) is 0 Å². The molecule has 0 heterocycles. The zero-order valence-corrected chi connectivity index (χ0v) is 9.95. The summed E-state index contributed by atoms with van der Waals surface area (Å²) >= 11 is 0. The lowest BCUT2D eigenvalue weighted by atomic mass is 10.0. The summed E-state index contributed by atoms with van der Waals surface area (Å²) in [5.41, 5.74) is 1.14. The van der Waals surface area contributed by atoms with E-state index >= 15 is 0 Å². The Morgan fingerprint density at radius 3 is 2.56 bits per heavy atom. The van der Waals surface area contributed by atoms with Gasteiger partial charge in [0.15, 0.2) is 0 Å². The largest absolute Gasteiger partial charge is 0.317 e. The van der Waals surface area contributed by atoms with E-state index in [4.69, 9.17) is 0 Å². The Balaban J connectivity index is 2.45. The van der Waals surface area contributed by atoms with E-state index in [-0.39, 0.29) is 0 Å². The number of unbranched alkanes of at least 4 members (excludes halogenated alkanes) is 1. The summed E-state index contributed by atoms with van der Waals surface area (Å²) in [5.74, 6) is -0.888. The molecular weight excluding hydrogens is 208 g/mol. The van der Waals surface area contributed by atoms with Crippen LogP contribution < -0.4 is 5.32 Å². The van der Waals surface area contributed by atoms with Gasteiger partial charge in [-0.25, -0.2) is 8.78 Å². The number of hydrogen-bond acceptors (Lipinski definition) is 1. The Kier molecular flexibility index (Phi) is 5.39.